The van der Waals surface area contributed by atoms with Crippen molar-refractivity contribution in [3.63, 3.8) is 0 Å². The summed E-state index contributed by atoms with van der Waals surface area (Å²) in [6.07, 6.45) is 0. The highest BCUT2D eigenvalue weighted by Gasteiger charge is 2.40. The first-order valence-electron chi connectivity index (χ1n) is 19.3. The molecule has 2 aliphatic heterocycles. The van der Waals surface area contributed by atoms with E-state index in [0.717, 1.165) is 33.4 Å². The Kier molecular flexibility index (Phi) is 5.82. The van der Waals surface area contributed by atoms with Crippen LogP contribution in [0.25, 0.3) is 98.8 Å². The molecule has 0 amide bonds. The van der Waals surface area contributed by atoms with Gasteiger partial charge >= 0.3 is 0 Å². The van der Waals surface area contributed by atoms with Gasteiger partial charge < -0.3 is 9.13 Å². The summed E-state index contributed by atoms with van der Waals surface area (Å²) in [6, 6.07) is 63.5. The number of hydrogen-bond donors (Lipinski definition) is 0. The molecule has 0 bridgehead atoms. The van der Waals surface area contributed by atoms with Crippen molar-refractivity contribution in [2.75, 3.05) is 0 Å². The van der Waals surface area contributed by atoms with Crippen LogP contribution in [0.1, 0.15) is 11.1 Å². The quantitative estimate of drug-likeness (QED) is 0.167. The molecule has 9 aromatic carbocycles. The van der Waals surface area contributed by atoms with E-state index in [2.05, 4.69) is 161 Å². The molecule has 13 rings (SSSR count). The summed E-state index contributed by atoms with van der Waals surface area (Å²) in [5.41, 5.74) is 17.1. The molecule has 2 aliphatic rings. The van der Waals surface area contributed by atoms with E-state index in [1.54, 1.807) is 0 Å². The second kappa shape index (κ2) is 10.9. The number of benzene rings is 9. The Hall–Kier alpha value is -7.86. The molecular formula is C52H27BN4. The molecule has 0 saturated carbocycles. The second-order valence-corrected chi connectivity index (χ2v) is 15.4. The lowest BCUT2D eigenvalue weighted by Gasteiger charge is -2.34. The molecule has 258 valence electrons. The SMILES string of the molecule is N#Cc1ccc(-n2c3ccccc3c3c4cccc5c4c(cc32)B2c3c-5cccc3-c3cccc4c3c2cc2c4c3ccccc3n2-c2ccc(C#N)cc2)cc1. The van der Waals surface area contributed by atoms with Gasteiger partial charge in [-0.1, -0.05) is 107 Å². The van der Waals surface area contributed by atoms with Gasteiger partial charge in [0.25, 0.3) is 0 Å². The van der Waals surface area contributed by atoms with Gasteiger partial charge in [-0.2, -0.15) is 10.5 Å². The zero-order valence-corrected chi connectivity index (χ0v) is 30.5. The third kappa shape index (κ3) is 3.80. The van der Waals surface area contributed by atoms with Crippen LogP contribution in [0, 0.1) is 22.7 Å². The smallest absolute Gasteiger partial charge is 0.244 e. The number of hydrogen-bond acceptors (Lipinski definition) is 2. The van der Waals surface area contributed by atoms with Crippen LogP contribution in [-0.4, -0.2) is 15.8 Å². The Morgan fingerprint density at radius 1 is 0.368 bits per heavy atom. The topological polar surface area (TPSA) is 57.4 Å². The fourth-order valence-electron chi connectivity index (χ4n) is 10.6. The molecule has 11 aromatic rings. The average molecular weight is 719 g/mol. The molecular weight excluding hydrogens is 691 g/mol. The van der Waals surface area contributed by atoms with Crippen molar-refractivity contribution in [3.05, 3.63) is 175 Å². The van der Waals surface area contributed by atoms with Crippen LogP contribution in [0.3, 0.4) is 0 Å². The summed E-state index contributed by atoms with van der Waals surface area (Å²) in [7, 11) is 0. The van der Waals surface area contributed by atoms with E-state index in [9.17, 15) is 10.5 Å². The van der Waals surface area contributed by atoms with Crippen molar-refractivity contribution in [3.8, 4) is 45.8 Å². The summed E-state index contributed by atoms with van der Waals surface area (Å²) >= 11 is 0. The van der Waals surface area contributed by atoms with Gasteiger partial charge in [0.2, 0.25) is 6.71 Å². The van der Waals surface area contributed by atoms with E-state index < -0.39 is 0 Å². The number of nitrogens with zero attached hydrogens (tertiary/aromatic N) is 4. The van der Waals surface area contributed by atoms with Gasteiger partial charge in [0.15, 0.2) is 0 Å². The van der Waals surface area contributed by atoms with Crippen LogP contribution in [0.5, 0.6) is 0 Å². The molecule has 4 nitrogen and oxygen atoms in total. The van der Waals surface area contributed by atoms with Crippen molar-refractivity contribution in [1.29, 1.82) is 10.5 Å². The molecule has 0 radical (unpaired) electrons. The predicted octanol–water partition coefficient (Wildman–Crippen LogP) is 10.4. The molecule has 0 spiro atoms. The van der Waals surface area contributed by atoms with Gasteiger partial charge in [-0.05, 0) is 117 Å². The van der Waals surface area contributed by atoms with Gasteiger partial charge in [0.05, 0.1) is 45.3 Å². The third-order valence-corrected chi connectivity index (χ3v) is 12.8. The standard InChI is InChI=1S/C52H27BN4/c54-28-30-18-22-32(23-19-30)56-44-16-3-1-8-38(44)50-40-14-5-10-34-36-12-7-13-37-35-11-6-15-41-49(35)43(53(52(36)37)42(48(34)40)26-46(50)56)27-47-51(41)39-9-2-4-17-45(39)57(47)33-24-20-31(29-55)21-25-33/h1-27H. The van der Waals surface area contributed by atoms with E-state index >= 15 is 0 Å². The summed E-state index contributed by atoms with van der Waals surface area (Å²) < 4.78 is 4.77. The monoisotopic (exact) mass is 718 g/mol. The molecule has 5 heteroatoms. The van der Waals surface area contributed by atoms with Crippen LogP contribution in [0.15, 0.2) is 164 Å². The fourth-order valence-corrected chi connectivity index (χ4v) is 10.6. The molecule has 0 unspecified atom stereocenters. The van der Waals surface area contributed by atoms with E-state index in [4.69, 9.17) is 0 Å². The van der Waals surface area contributed by atoms with Crippen LogP contribution in [-0.2, 0) is 0 Å². The molecule has 0 N–H and O–H groups in total. The maximum atomic E-state index is 9.66. The van der Waals surface area contributed by atoms with Gasteiger partial charge in [-0.15, -0.1) is 0 Å². The van der Waals surface area contributed by atoms with Gasteiger partial charge in [-0.3, -0.25) is 0 Å². The molecule has 0 atom stereocenters. The van der Waals surface area contributed by atoms with Gasteiger partial charge in [0, 0.05) is 32.9 Å². The Labute approximate surface area is 327 Å². The molecule has 57 heavy (non-hydrogen) atoms. The van der Waals surface area contributed by atoms with Gasteiger partial charge in [0.1, 0.15) is 0 Å². The van der Waals surface area contributed by atoms with E-state index in [1.165, 1.54) is 81.7 Å². The lowest BCUT2D eigenvalue weighted by atomic mass is 9.31. The largest absolute Gasteiger partial charge is 0.309 e. The van der Waals surface area contributed by atoms with Crippen molar-refractivity contribution in [2.45, 2.75) is 0 Å². The molecule has 4 heterocycles. The first kappa shape index (κ1) is 30.5. The van der Waals surface area contributed by atoms with Crippen molar-refractivity contribution >= 4 is 88.3 Å². The van der Waals surface area contributed by atoms with E-state index in [1.807, 2.05) is 24.3 Å². The highest BCUT2D eigenvalue weighted by atomic mass is 15.0. The first-order valence-corrected chi connectivity index (χ1v) is 19.3. The van der Waals surface area contributed by atoms with Crippen molar-refractivity contribution in [2.24, 2.45) is 0 Å². The highest BCUT2D eigenvalue weighted by molar-refractivity contribution is 7.01. The third-order valence-electron chi connectivity index (χ3n) is 12.8. The summed E-state index contributed by atoms with van der Waals surface area (Å²) in [4.78, 5) is 0. The van der Waals surface area contributed by atoms with Crippen molar-refractivity contribution in [1.82, 2.24) is 9.13 Å². The second-order valence-electron chi connectivity index (χ2n) is 15.4. The minimum Gasteiger partial charge on any atom is -0.309 e. The number of aromatic nitrogens is 2. The fraction of sp³-hybridized carbons (Fsp3) is 0. The number of nitriles is 2. The minimum absolute atomic E-state index is 0.0281. The summed E-state index contributed by atoms with van der Waals surface area (Å²) in [5.74, 6) is 0. The van der Waals surface area contributed by atoms with Crippen molar-refractivity contribution < 1.29 is 0 Å². The van der Waals surface area contributed by atoms with Crippen LogP contribution in [0.4, 0.5) is 0 Å². The van der Waals surface area contributed by atoms with E-state index in [-0.39, 0.29) is 6.71 Å². The van der Waals surface area contributed by atoms with Gasteiger partial charge in [-0.25, -0.2) is 0 Å². The summed E-state index contributed by atoms with van der Waals surface area (Å²) in [5, 5.41) is 29.4. The zero-order chi connectivity index (χ0) is 37.5. The Bertz CT molecular complexity index is 3460. The molecule has 0 aliphatic carbocycles. The molecule has 0 fully saturated rings. The lowest BCUT2D eigenvalue weighted by Crippen LogP contribution is -2.57. The Morgan fingerprint density at radius 2 is 0.772 bits per heavy atom. The molecule has 2 aromatic heterocycles. The lowest BCUT2D eigenvalue weighted by molar-refractivity contribution is 1.18. The number of fused-ring (bicyclic) bond motifs is 12. The maximum absolute atomic E-state index is 9.66. The van der Waals surface area contributed by atoms with Crippen LogP contribution < -0.4 is 16.4 Å². The minimum atomic E-state index is -0.0281. The Morgan fingerprint density at radius 3 is 1.23 bits per heavy atom. The van der Waals surface area contributed by atoms with E-state index in [0.29, 0.717) is 11.1 Å². The average Bonchev–Trinajstić information content (AvgIpc) is 3.79. The maximum Gasteiger partial charge on any atom is 0.244 e. The zero-order valence-electron chi connectivity index (χ0n) is 30.5. The molecule has 0 saturated heterocycles. The normalized spacial score (nSPS) is 12.5. The Balaban J connectivity index is 1.21. The number of rotatable bonds is 2. The van der Waals surface area contributed by atoms with Crippen LogP contribution >= 0.6 is 0 Å². The highest BCUT2D eigenvalue weighted by Crippen LogP contribution is 2.45. The first-order chi connectivity index (χ1) is 28.2. The van der Waals surface area contributed by atoms with Crippen LogP contribution in [0.2, 0.25) is 0 Å². The predicted molar refractivity (Wildman–Crippen MR) is 235 cm³/mol. The number of para-hydroxylation sites is 2. The summed E-state index contributed by atoms with van der Waals surface area (Å²) in [6.45, 7) is -0.0281.